The third kappa shape index (κ3) is 2.96. The topological polar surface area (TPSA) is 66.5 Å². The van der Waals surface area contributed by atoms with Gasteiger partial charge in [-0.15, -0.1) is 0 Å². The zero-order chi connectivity index (χ0) is 15.8. The molecular weight excluding hydrogens is 288 g/mol. The molecule has 1 heterocycles. The van der Waals surface area contributed by atoms with Crippen molar-refractivity contribution in [3.8, 4) is 0 Å². The summed E-state index contributed by atoms with van der Waals surface area (Å²) in [5.41, 5.74) is 1.45. The Morgan fingerprint density at radius 3 is 2.62 bits per heavy atom. The maximum Gasteiger partial charge on any atom is 0.240 e. The highest BCUT2D eigenvalue weighted by Crippen LogP contribution is 2.41. The molecule has 5 nitrogen and oxygen atoms in total. The van der Waals surface area contributed by atoms with Crippen molar-refractivity contribution in [2.24, 2.45) is 0 Å². The summed E-state index contributed by atoms with van der Waals surface area (Å²) in [7, 11) is -3.49. The number of rotatable bonds is 4. The van der Waals surface area contributed by atoms with Crippen molar-refractivity contribution >= 4 is 21.6 Å². The number of carbonyl (C=O) groups excluding carboxylic acids is 1. The zero-order valence-corrected chi connectivity index (χ0v) is 13.8. The van der Waals surface area contributed by atoms with Crippen LogP contribution in [0.4, 0.5) is 5.69 Å². The molecule has 0 radical (unpaired) electrons. The van der Waals surface area contributed by atoms with Gasteiger partial charge in [0, 0.05) is 31.1 Å². The minimum absolute atomic E-state index is 0.0264. The van der Waals surface area contributed by atoms with Crippen molar-refractivity contribution in [1.29, 1.82) is 0 Å². The van der Waals surface area contributed by atoms with E-state index in [9.17, 15) is 13.2 Å². The molecule has 0 saturated heterocycles. The highest BCUT2D eigenvalue weighted by molar-refractivity contribution is 7.89. The Labute approximate surface area is 126 Å². The maximum atomic E-state index is 12.2. The molecule has 0 unspecified atom stereocenters. The van der Waals surface area contributed by atoms with Crippen LogP contribution in [-0.2, 0) is 20.2 Å². The average molecular weight is 310 g/mol. The Kier molecular flexibility index (Phi) is 4.13. The Morgan fingerprint density at radius 2 is 2.05 bits per heavy atom. The van der Waals surface area contributed by atoms with E-state index in [0.29, 0.717) is 13.1 Å². The first kappa shape index (κ1) is 16.0. The molecule has 1 aliphatic heterocycles. The summed E-state index contributed by atoms with van der Waals surface area (Å²) < 4.78 is 27.0. The van der Waals surface area contributed by atoms with E-state index in [4.69, 9.17) is 0 Å². The Morgan fingerprint density at radius 1 is 1.38 bits per heavy atom. The molecule has 1 aromatic rings. The molecule has 116 valence electrons. The zero-order valence-electron chi connectivity index (χ0n) is 12.9. The third-order valence-electron chi connectivity index (χ3n) is 3.77. The van der Waals surface area contributed by atoms with Crippen LogP contribution in [0.5, 0.6) is 0 Å². The number of carbonyl (C=O) groups is 1. The molecule has 1 aliphatic rings. The van der Waals surface area contributed by atoms with Crippen molar-refractivity contribution in [2.75, 3.05) is 18.0 Å². The highest BCUT2D eigenvalue weighted by atomic mass is 32.2. The second-order valence-electron chi connectivity index (χ2n) is 6.07. The summed E-state index contributed by atoms with van der Waals surface area (Å²) >= 11 is 0. The van der Waals surface area contributed by atoms with Crippen molar-refractivity contribution < 1.29 is 13.2 Å². The Hall–Kier alpha value is -1.40. The largest absolute Gasteiger partial charge is 0.311 e. The fourth-order valence-corrected chi connectivity index (χ4v) is 3.79. The van der Waals surface area contributed by atoms with Gasteiger partial charge in [-0.25, -0.2) is 13.1 Å². The van der Waals surface area contributed by atoms with Gasteiger partial charge in [-0.1, -0.05) is 20.8 Å². The molecule has 1 N–H and O–H groups in total. The number of nitrogens with one attached hydrogen (secondary N) is 1. The predicted octanol–water partition coefficient (Wildman–Crippen LogP) is 2.02. The molecular formula is C15H22N2O3S. The van der Waals surface area contributed by atoms with E-state index >= 15 is 0 Å². The first-order chi connectivity index (χ1) is 9.69. The Bertz CT molecular complexity index is 665. The molecule has 0 atom stereocenters. The van der Waals surface area contributed by atoms with Gasteiger partial charge in [0.2, 0.25) is 15.9 Å². The van der Waals surface area contributed by atoms with Crippen LogP contribution in [0.25, 0.3) is 0 Å². The van der Waals surface area contributed by atoms with Crippen LogP contribution in [0.1, 0.15) is 39.7 Å². The number of sulfonamides is 1. The van der Waals surface area contributed by atoms with Gasteiger partial charge in [-0.2, -0.15) is 0 Å². The molecule has 0 spiro atoms. The minimum Gasteiger partial charge on any atom is -0.311 e. The molecule has 0 bridgehead atoms. The first-order valence-corrected chi connectivity index (χ1v) is 8.59. The van der Waals surface area contributed by atoms with Crippen LogP contribution in [0.15, 0.2) is 23.1 Å². The van der Waals surface area contributed by atoms with Gasteiger partial charge in [0.25, 0.3) is 0 Å². The number of fused-ring (bicyclic) bond motifs is 1. The summed E-state index contributed by atoms with van der Waals surface area (Å²) in [5, 5.41) is 0. The molecule has 0 aromatic heterocycles. The fraction of sp³-hybridized carbons (Fsp3) is 0.533. The van der Waals surface area contributed by atoms with Gasteiger partial charge in [-0.3, -0.25) is 4.79 Å². The molecule has 0 aliphatic carbocycles. The number of benzene rings is 1. The lowest BCUT2D eigenvalue weighted by Crippen LogP contribution is -2.31. The number of amides is 1. The normalized spacial score (nSPS) is 16.9. The van der Waals surface area contributed by atoms with Crippen molar-refractivity contribution in [1.82, 2.24) is 4.72 Å². The lowest BCUT2D eigenvalue weighted by molar-refractivity contribution is -0.116. The van der Waals surface area contributed by atoms with Crippen LogP contribution in [0.3, 0.4) is 0 Å². The molecule has 6 heteroatoms. The molecule has 1 aromatic carbocycles. The van der Waals surface area contributed by atoms with Gasteiger partial charge >= 0.3 is 0 Å². The van der Waals surface area contributed by atoms with Gasteiger partial charge < -0.3 is 4.90 Å². The van der Waals surface area contributed by atoms with E-state index in [0.717, 1.165) is 17.7 Å². The monoisotopic (exact) mass is 310 g/mol. The van der Waals surface area contributed by atoms with Gasteiger partial charge in [-0.05, 0) is 30.2 Å². The summed E-state index contributed by atoms with van der Waals surface area (Å²) in [4.78, 5) is 13.7. The van der Waals surface area contributed by atoms with Crippen LogP contribution in [-0.4, -0.2) is 27.4 Å². The van der Waals surface area contributed by atoms with Crippen LogP contribution in [0.2, 0.25) is 0 Å². The summed E-state index contributed by atoms with van der Waals surface area (Å²) in [6, 6.07) is 4.98. The van der Waals surface area contributed by atoms with E-state index in [-0.39, 0.29) is 16.2 Å². The number of hydrogen-bond acceptors (Lipinski definition) is 3. The number of hydrogen-bond donors (Lipinski definition) is 1. The molecule has 0 saturated carbocycles. The van der Waals surface area contributed by atoms with Gasteiger partial charge in [0.05, 0.1) is 4.90 Å². The van der Waals surface area contributed by atoms with Gasteiger partial charge in [0.1, 0.15) is 0 Å². The second-order valence-corrected chi connectivity index (χ2v) is 7.83. The average Bonchev–Trinajstić information content (AvgIpc) is 2.68. The smallest absolute Gasteiger partial charge is 0.240 e. The van der Waals surface area contributed by atoms with Crippen LogP contribution < -0.4 is 9.62 Å². The van der Waals surface area contributed by atoms with Crippen LogP contribution >= 0.6 is 0 Å². The number of nitrogens with zero attached hydrogens (tertiary/aromatic N) is 1. The lowest BCUT2D eigenvalue weighted by atomic mass is 9.87. The SMILES string of the molecule is CCCNS(=O)(=O)c1ccc2c(c1)C(C)(C)CN2C(C)=O. The summed E-state index contributed by atoms with van der Waals surface area (Å²) in [6.07, 6.45) is 0.744. The van der Waals surface area contributed by atoms with E-state index in [1.165, 1.54) is 6.92 Å². The quantitative estimate of drug-likeness (QED) is 0.925. The van der Waals surface area contributed by atoms with E-state index < -0.39 is 10.0 Å². The summed E-state index contributed by atoms with van der Waals surface area (Å²) in [6.45, 7) is 8.47. The first-order valence-electron chi connectivity index (χ1n) is 7.11. The highest BCUT2D eigenvalue weighted by Gasteiger charge is 2.37. The molecule has 1 amide bonds. The fourth-order valence-electron chi connectivity index (χ4n) is 2.63. The van der Waals surface area contributed by atoms with E-state index in [2.05, 4.69) is 4.72 Å². The maximum absolute atomic E-state index is 12.2. The van der Waals surface area contributed by atoms with Crippen molar-refractivity contribution in [2.45, 2.75) is 44.4 Å². The number of anilines is 1. The lowest BCUT2D eigenvalue weighted by Gasteiger charge is -2.19. The molecule has 21 heavy (non-hydrogen) atoms. The van der Waals surface area contributed by atoms with E-state index in [1.54, 1.807) is 23.1 Å². The van der Waals surface area contributed by atoms with Crippen molar-refractivity contribution in [3.05, 3.63) is 23.8 Å². The van der Waals surface area contributed by atoms with Gasteiger partial charge in [0.15, 0.2) is 0 Å². The Balaban J connectivity index is 2.47. The summed E-state index contributed by atoms with van der Waals surface area (Å²) in [5.74, 6) is -0.0264. The second kappa shape index (κ2) is 5.42. The standard InChI is InChI=1S/C15H22N2O3S/c1-5-8-16-21(19,20)12-6-7-14-13(9-12)15(3,4)10-17(14)11(2)18/h6-7,9,16H,5,8,10H2,1-4H3. The van der Waals surface area contributed by atoms with Crippen LogP contribution in [0, 0.1) is 0 Å². The van der Waals surface area contributed by atoms with E-state index in [1.807, 2.05) is 20.8 Å². The molecule has 0 fully saturated rings. The molecule has 2 rings (SSSR count). The van der Waals surface area contributed by atoms with Crippen molar-refractivity contribution in [3.63, 3.8) is 0 Å². The minimum atomic E-state index is -3.49. The third-order valence-corrected chi connectivity index (χ3v) is 5.23. The predicted molar refractivity (Wildman–Crippen MR) is 83.0 cm³/mol.